The third-order valence-corrected chi connectivity index (χ3v) is 15.6. The third kappa shape index (κ3) is 5.51. The summed E-state index contributed by atoms with van der Waals surface area (Å²) in [6.07, 6.45) is 0. The molecule has 2 aliphatic rings. The van der Waals surface area contributed by atoms with Gasteiger partial charge in [0.15, 0.2) is 0 Å². The van der Waals surface area contributed by atoms with Gasteiger partial charge in [0.25, 0.3) is 0 Å². The first-order valence-corrected chi connectivity index (χ1v) is 23.6. The quantitative estimate of drug-likeness (QED) is 0.173. The molecule has 11 aromatic rings. The normalized spacial score (nSPS) is 13.9. The largest absolute Gasteiger partial charge is 0.309 e. The summed E-state index contributed by atoms with van der Waals surface area (Å²) in [7, 11) is -3.98. The molecular weight excluding hydrogens is 811 g/mol. The Kier molecular flexibility index (Phi) is 8.21. The van der Waals surface area contributed by atoms with Crippen molar-refractivity contribution < 1.29 is 8.42 Å². The minimum Gasteiger partial charge on any atom is -0.309 e. The summed E-state index contributed by atoms with van der Waals surface area (Å²) in [5.74, 6) is 0. The number of aromatic nitrogens is 1. The van der Waals surface area contributed by atoms with Crippen LogP contribution in [0.4, 0.5) is 0 Å². The summed E-state index contributed by atoms with van der Waals surface area (Å²) in [5, 5.41) is 2.06. The Morgan fingerprint density at radius 3 is 1.31 bits per heavy atom. The topological polar surface area (TPSA) is 39.1 Å². The molecule has 2 heterocycles. The Morgan fingerprint density at radius 1 is 0.308 bits per heavy atom. The Hall–Kier alpha value is -8.05. The van der Waals surface area contributed by atoms with Crippen molar-refractivity contribution in [1.29, 1.82) is 0 Å². The van der Waals surface area contributed by atoms with Gasteiger partial charge in [0.2, 0.25) is 9.84 Å². The Bertz CT molecular complexity index is 3730. The van der Waals surface area contributed by atoms with Crippen molar-refractivity contribution in [3.63, 3.8) is 0 Å². The molecule has 0 fully saturated rings. The molecule has 1 aromatic heterocycles. The fourth-order valence-electron chi connectivity index (χ4n) is 11.0. The third-order valence-electron chi connectivity index (χ3n) is 13.8. The van der Waals surface area contributed by atoms with Gasteiger partial charge in [0, 0.05) is 16.5 Å². The molecule has 0 atom stereocenters. The number of nitrogens with zero attached hydrogens (tertiary/aromatic N) is 1. The lowest BCUT2D eigenvalue weighted by atomic mass is 9.67. The lowest BCUT2D eigenvalue weighted by molar-refractivity contribution is 0.581. The zero-order chi connectivity index (χ0) is 43.3. The molecule has 3 nitrogen and oxygen atoms in total. The van der Waals surface area contributed by atoms with E-state index in [-0.39, 0.29) is 0 Å². The first-order valence-electron chi connectivity index (χ1n) is 22.1. The van der Waals surface area contributed by atoms with Crippen molar-refractivity contribution in [2.75, 3.05) is 0 Å². The van der Waals surface area contributed by atoms with Crippen molar-refractivity contribution in [1.82, 2.24) is 4.57 Å². The summed E-state index contributed by atoms with van der Waals surface area (Å²) in [5.41, 5.74) is 16.8. The molecule has 1 aliphatic heterocycles. The van der Waals surface area contributed by atoms with Gasteiger partial charge in [0.05, 0.1) is 26.2 Å². The molecule has 0 bridgehead atoms. The summed E-state index contributed by atoms with van der Waals surface area (Å²) in [6, 6.07) is 82.6. The van der Waals surface area contributed by atoms with Gasteiger partial charge in [-0.25, -0.2) is 8.42 Å². The van der Waals surface area contributed by atoms with Crippen LogP contribution in [0.5, 0.6) is 0 Å². The number of hydrogen-bond donors (Lipinski definition) is 0. The van der Waals surface area contributed by atoms with Crippen LogP contribution in [0.3, 0.4) is 0 Å². The van der Waals surface area contributed by atoms with Crippen LogP contribution in [0.1, 0.15) is 22.3 Å². The first kappa shape index (κ1) is 37.5. The predicted molar refractivity (Wildman–Crippen MR) is 265 cm³/mol. The van der Waals surface area contributed by atoms with Crippen molar-refractivity contribution in [2.24, 2.45) is 0 Å². The van der Waals surface area contributed by atoms with Crippen LogP contribution in [0, 0.1) is 0 Å². The van der Waals surface area contributed by atoms with Gasteiger partial charge >= 0.3 is 0 Å². The molecule has 0 amide bonds. The maximum absolute atomic E-state index is 15.3. The van der Waals surface area contributed by atoms with Crippen molar-refractivity contribution in [3.05, 3.63) is 259 Å². The second-order valence-electron chi connectivity index (χ2n) is 17.2. The Labute approximate surface area is 378 Å². The molecular formula is C61H39NO2S. The molecule has 10 aromatic carbocycles. The lowest BCUT2D eigenvalue weighted by Crippen LogP contribution is -2.36. The Balaban J connectivity index is 1.12. The highest BCUT2D eigenvalue weighted by Gasteiger charge is 2.53. The standard InChI is InChI=1S/C61H39NO2S/c63-65(64)59-31-17-15-29-55(59)61(53-27-13-10-24-49(53)50-25-11-14-28-54(50)61)56-38-52-51-26-12-16-30-57(51)62(58(52)39-60(56)65)48-36-46(42-22-8-3-9-23-42)35-47(37-48)45-33-43(40-18-4-1-5-19-40)32-44(34-45)41-20-6-2-7-21-41/h1-39H. The van der Waals surface area contributed by atoms with Gasteiger partial charge in [0.1, 0.15) is 0 Å². The Morgan fingerprint density at radius 2 is 0.738 bits per heavy atom. The average molecular weight is 850 g/mol. The number of rotatable bonds is 5. The van der Waals surface area contributed by atoms with E-state index >= 15 is 8.42 Å². The van der Waals surface area contributed by atoms with Gasteiger partial charge in [-0.15, -0.1) is 0 Å². The number of benzene rings is 10. The van der Waals surface area contributed by atoms with E-state index in [2.05, 4.69) is 205 Å². The zero-order valence-electron chi connectivity index (χ0n) is 35.2. The molecule has 0 radical (unpaired) electrons. The zero-order valence-corrected chi connectivity index (χ0v) is 36.0. The number of fused-ring (bicyclic) bond motifs is 12. The molecule has 0 N–H and O–H groups in total. The summed E-state index contributed by atoms with van der Waals surface area (Å²) in [6.45, 7) is 0. The minimum absolute atomic E-state index is 0.335. The molecule has 0 unspecified atom stereocenters. The van der Waals surface area contributed by atoms with E-state index in [9.17, 15) is 0 Å². The van der Waals surface area contributed by atoms with E-state index in [4.69, 9.17) is 0 Å². The molecule has 1 spiro atoms. The van der Waals surface area contributed by atoms with Crippen LogP contribution in [-0.2, 0) is 15.3 Å². The molecule has 0 saturated carbocycles. The summed E-state index contributed by atoms with van der Waals surface area (Å²) < 4.78 is 32.9. The van der Waals surface area contributed by atoms with Crippen LogP contribution in [-0.4, -0.2) is 13.0 Å². The van der Waals surface area contributed by atoms with E-state index in [0.717, 1.165) is 105 Å². The first-order chi connectivity index (χ1) is 32.0. The van der Waals surface area contributed by atoms with E-state index < -0.39 is 15.3 Å². The second-order valence-corrected chi connectivity index (χ2v) is 19.1. The van der Waals surface area contributed by atoms with Gasteiger partial charge in [-0.3, -0.25) is 0 Å². The van der Waals surface area contributed by atoms with Crippen molar-refractivity contribution in [3.8, 4) is 61.3 Å². The van der Waals surface area contributed by atoms with E-state index in [0.29, 0.717) is 9.79 Å². The van der Waals surface area contributed by atoms with E-state index in [1.54, 1.807) is 6.07 Å². The number of hydrogen-bond acceptors (Lipinski definition) is 2. The van der Waals surface area contributed by atoms with Gasteiger partial charge < -0.3 is 4.57 Å². The number of sulfone groups is 1. The van der Waals surface area contributed by atoms with Gasteiger partial charge in [-0.1, -0.05) is 176 Å². The SMILES string of the molecule is O=S1(=O)c2ccccc2C2(c3ccccc3-c3ccccc32)c2cc3c4ccccc4n(-c4cc(-c5ccccc5)cc(-c5cc(-c6ccccc6)cc(-c6ccccc6)c5)c4)c3cc21. The highest BCUT2D eigenvalue weighted by Crippen LogP contribution is 2.61. The van der Waals surface area contributed by atoms with Gasteiger partial charge in [-0.2, -0.15) is 0 Å². The van der Waals surface area contributed by atoms with E-state index in [1.165, 1.54) is 0 Å². The lowest BCUT2D eigenvalue weighted by Gasteiger charge is -2.39. The maximum atomic E-state index is 15.3. The fraction of sp³-hybridized carbons (Fsp3) is 0.0164. The molecule has 1 aliphatic carbocycles. The highest BCUT2D eigenvalue weighted by atomic mass is 32.2. The molecule has 65 heavy (non-hydrogen) atoms. The van der Waals surface area contributed by atoms with Crippen LogP contribution in [0.2, 0.25) is 0 Å². The smallest absolute Gasteiger partial charge is 0.207 e. The van der Waals surface area contributed by atoms with Crippen molar-refractivity contribution >= 4 is 31.6 Å². The second kappa shape index (κ2) is 14.2. The van der Waals surface area contributed by atoms with Crippen molar-refractivity contribution in [2.45, 2.75) is 15.2 Å². The van der Waals surface area contributed by atoms with Crippen LogP contribution >= 0.6 is 0 Å². The molecule has 13 rings (SSSR count). The molecule has 4 heteroatoms. The minimum atomic E-state index is -3.98. The average Bonchev–Trinajstić information content (AvgIpc) is 3.86. The molecule has 306 valence electrons. The van der Waals surface area contributed by atoms with Crippen LogP contribution < -0.4 is 0 Å². The predicted octanol–water partition coefficient (Wildman–Crippen LogP) is 15.0. The summed E-state index contributed by atoms with van der Waals surface area (Å²) >= 11 is 0. The van der Waals surface area contributed by atoms with Crippen LogP contribution in [0.25, 0.3) is 83.1 Å². The highest BCUT2D eigenvalue weighted by molar-refractivity contribution is 7.91. The number of para-hydroxylation sites is 1. The molecule has 0 saturated heterocycles. The fourth-order valence-corrected chi connectivity index (χ4v) is 12.7. The van der Waals surface area contributed by atoms with E-state index in [1.807, 2.05) is 30.3 Å². The monoisotopic (exact) mass is 849 g/mol. The van der Waals surface area contributed by atoms with Crippen LogP contribution in [0.15, 0.2) is 246 Å². The van der Waals surface area contributed by atoms with Gasteiger partial charge in [-0.05, 0) is 139 Å². The summed E-state index contributed by atoms with van der Waals surface area (Å²) in [4.78, 5) is 0.684. The maximum Gasteiger partial charge on any atom is 0.207 e.